The Labute approximate surface area is 718 Å². The molecule has 0 amide bonds. The summed E-state index contributed by atoms with van der Waals surface area (Å²) in [6.07, 6.45) is 1.81. The normalized spacial score (nSPS) is 2.60. The van der Waals surface area contributed by atoms with E-state index in [9.17, 15) is 0 Å². The summed E-state index contributed by atoms with van der Waals surface area (Å²) in [6.45, 7) is 8.73. The molecule has 0 heterocycles. The van der Waals surface area contributed by atoms with Crippen LogP contribution in [0.25, 0.3) is 11.5 Å². The quantitative estimate of drug-likeness (QED) is 0.383. The van der Waals surface area contributed by atoms with E-state index in [-0.39, 0.29) is 687 Å². The molecule has 0 saturated heterocycles. The van der Waals surface area contributed by atoms with Crippen molar-refractivity contribution in [2.75, 3.05) is 0 Å². The molecule has 0 aliphatic rings. The Balaban J connectivity index is -0.000000000941. The molecule has 0 fully saturated rings. The molecule has 23 heteroatoms. The van der Waals surface area contributed by atoms with E-state index in [1.165, 1.54) is 0 Å². The van der Waals surface area contributed by atoms with Crippen LogP contribution < -0.4 is 0 Å². The molecule has 21 radical (unpaired) electrons. The molecule has 0 atom stereocenters. The number of rotatable bonds is 2. The second kappa shape index (κ2) is 161. The van der Waals surface area contributed by atoms with Gasteiger partial charge in [0.2, 0.25) is 0 Å². The van der Waals surface area contributed by atoms with Gasteiger partial charge in [0, 0.05) is 687 Å². The van der Waals surface area contributed by atoms with Crippen LogP contribution in [0.1, 0.15) is 26.2 Å². The summed E-state index contributed by atoms with van der Waals surface area (Å²) >= 11 is 0. The van der Waals surface area contributed by atoms with Crippen molar-refractivity contribution in [2.45, 2.75) is 32.4 Å². The smallest absolute Gasteiger partial charge is 0 e. The zero-order chi connectivity index (χ0) is 7.70. The van der Waals surface area contributed by atoms with Crippen LogP contribution in [0.2, 0.25) is 0 Å². The Bertz CT molecular complexity index is 62.3. The van der Waals surface area contributed by atoms with Crippen LogP contribution in [0.4, 0.5) is 0 Å². The third-order valence-corrected chi connectivity index (χ3v) is 0.577. The fourth-order valence-corrected chi connectivity index (χ4v) is 0.289. The molecule has 0 aliphatic carbocycles. The van der Waals surface area contributed by atoms with Crippen LogP contribution in [0.15, 0.2) is 0 Å². The summed E-state index contributed by atoms with van der Waals surface area (Å²) in [5.74, 6) is 0. The molecule has 2 nitrogen and oxygen atoms in total. The van der Waals surface area contributed by atoms with Gasteiger partial charge in [-0.1, -0.05) is 19.8 Å². The van der Waals surface area contributed by atoms with Crippen molar-refractivity contribution in [3.63, 3.8) is 0 Å². The van der Waals surface area contributed by atoms with Crippen LogP contribution in [0, 0.1) is 13.8 Å². The SMILES string of the molecule is CCCC([NH-])[NH-].[CH2-]C[CH2-].[Y].[Y].[Y].[Y].[Y].[Y].[Y].[Y].[Y].[Y].[Y].[Y].[Y].[Y].[Y].[Y].[Y].[Y].[Y].[Y].[Y]. The van der Waals surface area contributed by atoms with Crippen LogP contribution >= 0.6 is 0 Å². The Morgan fingerprint density at radius 1 is 0.433 bits per heavy atom. The van der Waals surface area contributed by atoms with E-state index in [0.717, 1.165) is 12.8 Å². The van der Waals surface area contributed by atoms with Crippen LogP contribution in [-0.4, -0.2) is 6.17 Å². The van der Waals surface area contributed by atoms with E-state index in [1.54, 1.807) is 0 Å². The summed E-state index contributed by atoms with van der Waals surface area (Å²) in [7, 11) is 0. The first-order valence-corrected chi connectivity index (χ1v) is 3.19. The van der Waals surface area contributed by atoms with Crippen molar-refractivity contribution < 1.29 is 687 Å². The van der Waals surface area contributed by atoms with Crippen LogP contribution in [0.5, 0.6) is 0 Å². The molecular formula is C7H16N2Y21-4. The third-order valence-electron chi connectivity index (χ3n) is 0.577. The van der Waals surface area contributed by atoms with Crippen molar-refractivity contribution in [2.24, 2.45) is 0 Å². The first-order valence-electron chi connectivity index (χ1n) is 3.19. The Kier molecular flexibility index (Phi) is 852. The van der Waals surface area contributed by atoms with E-state index in [4.69, 9.17) is 11.5 Å². The number of hydrogen-bond donors (Lipinski definition) is 0. The van der Waals surface area contributed by atoms with Gasteiger partial charge >= 0.3 is 0 Å². The van der Waals surface area contributed by atoms with Gasteiger partial charge in [0.15, 0.2) is 0 Å². The zero-order valence-corrected chi connectivity index (χ0v) is 77.8. The molecule has 0 saturated carbocycles. The van der Waals surface area contributed by atoms with Gasteiger partial charge < -0.3 is 31.7 Å². The van der Waals surface area contributed by atoms with Crippen LogP contribution in [0.3, 0.4) is 0 Å². The summed E-state index contributed by atoms with van der Waals surface area (Å²) < 4.78 is 0. The summed E-state index contributed by atoms with van der Waals surface area (Å²) in [5.41, 5.74) is 13.3. The second-order valence-corrected chi connectivity index (χ2v) is 1.69. The van der Waals surface area contributed by atoms with Crippen molar-refractivity contribution in [1.29, 1.82) is 0 Å². The molecule has 0 rings (SSSR count). The maximum Gasteiger partial charge on any atom is 0 e. The number of nitrogens with one attached hydrogen (secondary N) is 2. The maximum absolute atomic E-state index is 6.64. The predicted molar refractivity (Wildman–Crippen MR) is 42.7 cm³/mol. The van der Waals surface area contributed by atoms with Crippen molar-refractivity contribution >= 4 is 0 Å². The van der Waals surface area contributed by atoms with Gasteiger partial charge in [0.05, 0.1) is 0 Å². The monoisotopic (exact) mass is 2000 g/mol. The Morgan fingerprint density at radius 2 is 0.533 bits per heavy atom. The molecular weight excluding hydrogens is 1980 g/mol. The molecule has 30 heavy (non-hydrogen) atoms. The molecule has 0 aromatic carbocycles. The van der Waals surface area contributed by atoms with Gasteiger partial charge in [-0.2, -0.15) is 0 Å². The summed E-state index contributed by atoms with van der Waals surface area (Å²) in [5, 5.41) is 0. The minimum atomic E-state index is -0.602. The topological polar surface area (TPSA) is 47.6 Å². The van der Waals surface area contributed by atoms with E-state index < -0.39 is 6.17 Å². The second-order valence-electron chi connectivity index (χ2n) is 1.69. The zero-order valence-electron chi connectivity index (χ0n) is 18.2. The molecule has 121 valence electrons. The number of hydrogen-bond acceptors (Lipinski definition) is 0. The standard InChI is InChI=1S/C4H10N2.C3H6.21Y/c1-2-3-4(5)6;1-3-2;;;;;;;;;;;;;;;;;;;;;/h4-6H,2-3H2,1H3;1-3H2;;;;;;;;;;;;;;;;;;;;;/q2*-2;;;;;;;;;;;;;;;;;;;;;. The van der Waals surface area contributed by atoms with Gasteiger partial charge in [0.25, 0.3) is 0 Å². The first-order chi connectivity index (χ1) is 4.18. The minimum Gasteiger partial charge on any atom is -0.693 e. The molecule has 0 aliphatic heterocycles. The fraction of sp³-hybridized carbons (Fsp3) is 0.714. The van der Waals surface area contributed by atoms with Crippen LogP contribution in [-0.2, 0) is 687 Å². The van der Waals surface area contributed by atoms with Crippen molar-refractivity contribution in [1.82, 2.24) is 0 Å². The molecule has 0 spiro atoms. The molecule has 0 aromatic heterocycles. The maximum atomic E-state index is 6.64. The third kappa shape index (κ3) is 188. The Hall–Kier alpha value is 23.1. The molecule has 0 unspecified atom stereocenters. The van der Waals surface area contributed by atoms with Gasteiger partial charge in [-0.15, -0.1) is 0 Å². The van der Waals surface area contributed by atoms with Gasteiger partial charge in [-0.25, -0.2) is 6.17 Å². The van der Waals surface area contributed by atoms with E-state index in [1.807, 2.05) is 6.92 Å². The van der Waals surface area contributed by atoms with Crippen molar-refractivity contribution in [3.8, 4) is 0 Å². The van der Waals surface area contributed by atoms with E-state index >= 15 is 0 Å². The average molecular weight is 2000 g/mol. The van der Waals surface area contributed by atoms with E-state index in [0.29, 0.717) is 6.42 Å². The summed E-state index contributed by atoms with van der Waals surface area (Å²) in [6, 6.07) is 0. The molecule has 0 bridgehead atoms. The van der Waals surface area contributed by atoms with Gasteiger partial charge in [-0.05, 0) is 0 Å². The average Bonchev–Trinajstić information content (AvgIpc) is 1.67. The first kappa shape index (κ1) is 159. The van der Waals surface area contributed by atoms with Gasteiger partial charge in [0.1, 0.15) is 0 Å². The van der Waals surface area contributed by atoms with Crippen molar-refractivity contribution in [3.05, 3.63) is 25.3 Å². The molecule has 2 N–H and O–H groups in total. The predicted octanol–water partition coefficient (Wildman–Crippen LogP) is 3.21. The Morgan fingerprint density at radius 3 is 0.533 bits per heavy atom. The fourth-order valence-electron chi connectivity index (χ4n) is 0.289. The van der Waals surface area contributed by atoms with Gasteiger partial charge in [-0.3, -0.25) is 0 Å². The minimum absolute atomic E-state index is 0. The summed E-state index contributed by atoms with van der Waals surface area (Å²) in [4.78, 5) is 0. The molecule has 0 aromatic rings. The van der Waals surface area contributed by atoms with E-state index in [2.05, 4.69) is 13.8 Å². The largest absolute Gasteiger partial charge is 0.693 e.